The second kappa shape index (κ2) is 19.2. The van der Waals surface area contributed by atoms with Crippen LogP contribution in [0.15, 0.2) is 79.1 Å². The van der Waals surface area contributed by atoms with Crippen LogP contribution in [0.5, 0.6) is 5.75 Å². The summed E-state index contributed by atoms with van der Waals surface area (Å²) in [7, 11) is 1.74. The van der Waals surface area contributed by atoms with E-state index in [1.165, 1.54) is 37.8 Å². The van der Waals surface area contributed by atoms with Crippen LogP contribution >= 0.6 is 0 Å². The maximum absolute atomic E-state index is 13.3. The van der Waals surface area contributed by atoms with Gasteiger partial charge in [0.15, 0.2) is 0 Å². The van der Waals surface area contributed by atoms with Crippen molar-refractivity contribution in [2.75, 3.05) is 66.1 Å². The summed E-state index contributed by atoms with van der Waals surface area (Å²) in [4.78, 5) is 25.4. The third-order valence-corrected chi connectivity index (χ3v) is 10.8. The number of ether oxygens (including phenoxy) is 2. The van der Waals surface area contributed by atoms with Gasteiger partial charge in [-0.2, -0.15) is 0 Å². The maximum Gasteiger partial charge on any atom is 0.232 e. The van der Waals surface area contributed by atoms with Crippen molar-refractivity contribution < 1.29 is 14.3 Å². The largest absolute Gasteiger partial charge is 0.496 e. The van der Waals surface area contributed by atoms with Gasteiger partial charge < -0.3 is 25.0 Å². The van der Waals surface area contributed by atoms with Crippen molar-refractivity contribution in [3.05, 3.63) is 95.8 Å². The molecule has 2 saturated heterocycles. The van der Waals surface area contributed by atoms with Crippen molar-refractivity contribution in [3.63, 3.8) is 0 Å². The number of carbonyl (C=O) groups excluding carboxylic acids is 1. The van der Waals surface area contributed by atoms with E-state index < -0.39 is 5.41 Å². The van der Waals surface area contributed by atoms with E-state index in [0.717, 1.165) is 102 Å². The Morgan fingerprint density at radius 3 is 2.16 bits per heavy atom. The average Bonchev–Trinajstić information content (AvgIpc) is 3.61. The summed E-state index contributed by atoms with van der Waals surface area (Å²) >= 11 is 0. The van der Waals surface area contributed by atoms with Crippen LogP contribution in [0.1, 0.15) is 75.0 Å². The van der Waals surface area contributed by atoms with Gasteiger partial charge in [-0.3, -0.25) is 14.7 Å². The van der Waals surface area contributed by atoms with Crippen molar-refractivity contribution in [1.82, 2.24) is 19.7 Å². The summed E-state index contributed by atoms with van der Waals surface area (Å²) in [6.07, 6.45) is 12.8. The Bertz CT molecular complexity index is 1340. The van der Waals surface area contributed by atoms with Crippen LogP contribution in [0.3, 0.4) is 0 Å². The lowest BCUT2D eigenvalue weighted by Gasteiger charge is -2.38. The molecule has 0 unspecified atom stereocenters. The number of nitrogens with two attached hydrogens (primary N) is 1. The summed E-state index contributed by atoms with van der Waals surface area (Å²) in [5, 5.41) is 0. The fourth-order valence-electron chi connectivity index (χ4n) is 8.26. The van der Waals surface area contributed by atoms with E-state index in [0.29, 0.717) is 6.04 Å². The average molecular weight is 670 g/mol. The summed E-state index contributed by atoms with van der Waals surface area (Å²) in [6.45, 7) is 12.3. The number of pyridine rings is 1. The van der Waals surface area contributed by atoms with Gasteiger partial charge >= 0.3 is 0 Å². The SMILES string of the molecule is CCCN(CCCCOCCCCN1CC[C@@H](C(C(N)=O)(c2ccccc2)c2ccccc2)C1)C1CCN(Cc2cnccc2OC)CC1. The van der Waals surface area contributed by atoms with Gasteiger partial charge in [0.2, 0.25) is 5.91 Å². The third kappa shape index (κ3) is 9.69. The lowest BCUT2D eigenvalue weighted by molar-refractivity contribution is -0.123. The second-order valence-corrected chi connectivity index (χ2v) is 13.9. The Kier molecular flexibility index (Phi) is 14.5. The zero-order chi connectivity index (χ0) is 34.3. The summed E-state index contributed by atoms with van der Waals surface area (Å²) < 4.78 is 11.6. The van der Waals surface area contributed by atoms with Crippen LogP contribution in [-0.4, -0.2) is 97.8 Å². The van der Waals surface area contributed by atoms with E-state index >= 15 is 0 Å². The van der Waals surface area contributed by atoms with Crippen molar-refractivity contribution in [2.45, 2.75) is 76.3 Å². The van der Waals surface area contributed by atoms with Crippen LogP contribution in [-0.2, 0) is 21.5 Å². The molecule has 2 aliphatic heterocycles. The molecule has 0 bridgehead atoms. The van der Waals surface area contributed by atoms with Crippen molar-refractivity contribution in [3.8, 4) is 5.75 Å². The first-order valence-corrected chi connectivity index (χ1v) is 18.7. The molecule has 2 aromatic carbocycles. The highest BCUT2D eigenvalue weighted by Gasteiger charge is 2.49. The minimum absolute atomic E-state index is 0.141. The Morgan fingerprint density at radius 1 is 0.878 bits per heavy atom. The minimum Gasteiger partial charge on any atom is -0.496 e. The van der Waals surface area contributed by atoms with Crippen LogP contribution in [0.2, 0.25) is 0 Å². The predicted octanol–water partition coefficient (Wildman–Crippen LogP) is 6.14. The fourth-order valence-corrected chi connectivity index (χ4v) is 8.26. The first-order chi connectivity index (χ1) is 24.1. The summed E-state index contributed by atoms with van der Waals surface area (Å²) in [5.41, 5.74) is 8.62. The van der Waals surface area contributed by atoms with Gasteiger partial charge in [-0.05, 0) is 114 Å². The normalized spacial score (nSPS) is 17.9. The number of hydrogen-bond acceptors (Lipinski definition) is 7. The number of piperidine rings is 1. The van der Waals surface area contributed by atoms with Gasteiger partial charge in [0.05, 0.1) is 7.11 Å². The lowest BCUT2D eigenvalue weighted by Crippen LogP contribution is -2.49. The highest BCUT2D eigenvalue weighted by molar-refractivity contribution is 5.91. The molecule has 49 heavy (non-hydrogen) atoms. The van der Waals surface area contributed by atoms with Crippen molar-refractivity contribution in [1.29, 1.82) is 0 Å². The van der Waals surface area contributed by atoms with Gasteiger partial charge in [0, 0.05) is 50.3 Å². The molecule has 8 nitrogen and oxygen atoms in total. The third-order valence-electron chi connectivity index (χ3n) is 10.8. The Balaban J connectivity index is 0.975. The number of benzene rings is 2. The molecule has 1 aromatic heterocycles. The first kappa shape index (κ1) is 37.0. The lowest BCUT2D eigenvalue weighted by atomic mass is 9.64. The van der Waals surface area contributed by atoms with Gasteiger partial charge in [-0.15, -0.1) is 0 Å². The van der Waals surface area contributed by atoms with Crippen molar-refractivity contribution in [2.24, 2.45) is 11.7 Å². The van der Waals surface area contributed by atoms with E-state index in [9.17, 15) is 4.79 Å². The number of primary amides is 1. The molecule has 2 aliphatic rings. The molecule has 8 heteroatoms. The predicted molar refractivity (Wildman–Crippen MR) is 198 cm³/mol. The molecule has 3 aromatic rings. The smallest absolute Gasteiger partial charge is 0.232 e. The van der Waals surface area contributed by atoms with Crippen molar-refractivity contribution >= 4 is 5.91 Å². The van der Waals surface area contributed by atoms with E-state index in [2.05, 4.69) is 50.9 Å². The standard InChI is InChI=1S/C41H59N5O3/c1-3-23-46(38-20-27-45(28-21-38)32-34-31-43-22-18-39(34)48-2)25-11-13-30-49-29-12-10-24-44-26-19-37(33-44)41(40(42)47,35-14-6-4-7-15-35)36-16-8-5-9-17-36/h4-9,14-18,22,31,37-38H,3,10-13,19-21,23-30,32-33H2,1-2H3,(H2,42,47)/t37-/m1/s1. The van der Waals surface area contributed by atoms with Crippen LogP contribution in [0, 0.1) is 5.92 Å². The van der Waals surface area contributed by atoms with Crippen LogP contribution in [0.25, 0.3) is 0 Å². The molecule has 2 N–H and O–H groups in total. The van der Waals surface area contributed by atoms with Gasteiger partial charge in [0.25, 0.3) is 0 Å². The monoisotopic (exact) mass is 669 g/mol. The quantitative estimate of drug-likeness (QED) is 0.145. The van der Waals surface area contributed by atoms with Crippen LogP contribution in [0.4, 0.5) is 0 Å². The van der Waals surface area contributed by atoms with Gasteiger partial charge in [0.1, 0.15) is 11.2 Å². The number of amides is 1. The zero-order valence-corrected chi connectivity index (χ0v) is 30.0. The fraction of sp³-hybridized carbons (Fsp3) is 0.561. The zero-order valence-electron chi connectivity index (χ0n) is 30.0. The number of nitrogens with zero attached hydrogens (tertiary/aromatic N) is 4. The number of rotatable bonds is 20. The highest BCUT2D eigenvalue weighted by atomic mass is 16.5. The highest BCUT2D eigenvalue weighted by Crippen LogP contribution is 2.43. The number of likely N-dealkylation sites (tertiary alicyclic amines) is 2. The van der Waals surface area contributed by atoms with E-state index in [-0.39, 0.29) is 11.8 Å². The molecular weight excluding hydrogens is 610 g/mol. The molecule has 0 saturated carbocycles. The molecule has 1 amide bonds. The van der Waals surface area contributed by atoms with Gasteiger partial charge in [-0.25, -0.2) is 0 Å². The molecule has 266 valence electrons. The Labute approximate surface area is 295 Å². The first-order valence-electron chi connectivity index (χ1n) is 18.7. The van der Waals surface area contributed by atoms with Crippen LogP contribution < -0.4 is 10.5 Å². The second-order valence-electron chi connectivity index (χ2n) is 13.9. The molecule has 2 fully saturated rings. The number of aromatic nitrogens is 1. The molecule has 5 rings (SSSR count). The van der Waals surface area contributed by atoms with E-state index in [1.54, 1.807) is 13.3 Å². The number of methoxy groups -OCH3 is 1. The molecule has 0 radical (unpaired) electrons. The minimum atomic E-state index is -0.820. The molecule has 0 spiro atoms. The Hall–Kier alpha value is -3.30. The van der Waals surface area contributed by atoms with Gasteiger partial charge in [-0.1, -0.05) is 67.6 Å². The van der Waals surface area contributed by atoms with E-state index in [1.807, 2.05) is 48.7 Å². The number of hydrogen-bond donors (Lipinski definition) is 1. The summed E-state index contributed by atoms with van der Waals surface area (Å²) in [5.74, 6) is 0.816. The number of unbranched alkanes of at least 4 members (excludes halogenated alkanes) is 2. The topological polar surface area (TPSA) is 84.2 Å². The molecule has 3 heterocycles. The number of carbonyl (C=O) groups is 1. The molecular formula is C41H59N5O3. The molecule has 1 atom stereocenters. The summed E-state index contributed by atoms with van der Waals surface area (Å²) in [6, 6.07) is 22.9. The van der Waals surface area contributed by atoms with E-state index in [4.69, 9.17) is 15.2 Å². The maximum atomic E-state index is 13.3. The molecule has 0 aliphatic carbocycles. The Morgan fingerprint density at radius 2 is 1.53 bits per heavy atom.